The van der Waals surface area contributed by atoms with Crippen molar-refractivity contribution in [3.8, 4) is 0 Å². The summed E-state index contributed by atoms with van der Waals surface area (Å²) in [6.07, 6.45) is 1.16. The summed E-state index contributed by atoms with van der Waals surface area (Å²) in [7, 11) is 1.78. The van der Waals surface area contributed by atoms with Crippen LogP contribution in [0.5, 0.6) is 0 Å². The molecule has 1 fully saturated rings. The van der Waals surface area contributed by atoms with Gasteiger partial charge in [-0.2, -0.15) is 0 Å². The number of aliphatic imine (C=N–C) groups is 1. The lowest BCUT2D eigenvalue weighted by atomic mass is 10.2. The minimum Gasteiger partial charge on any atom is -0.454 e. The summed E-state index contributed by atoms with van der Waals surface area (Å²) < 4.78 is 5.40. The topological polar surface area (TPSA) is 83.9 Å². The van der Waals surface area contributed by atoms with Crippen molar-refractivity contribution in [1.29, 1.82) is 0 Å². The van der Waals surface area contributed by atoms with Gasteiger partial charge in [0.05, 0.1) is 6.54 Å². The number of carbonyl (C=O) groups excluding carboxylic acids is 1. The highest BCUT2D eigenvalue weighted by atomic mass is 127. The summed E-state index contributed by atoms with van der Waals surface area (Å²) in [5.41, 5.74) is 5.21. The van der Waals surface area contributed by atoms with Crippen molar-refractivity contribution in [2.24, 2.45) is 16.6 Å². The van der Waals surface area contributed by atoms with Crippen molar-refractivity contribution in [3.63, 3.8) is 0 Å². The number of carbonyl (C=O) groups is 1. The Morgan fingerprint density at radius 2 is 2.11 bits per heavy atom. The Kier molecular flexibility index (Phi) is 8.49. The average molecular weight is 500 g/mol. The summed E-state index contributed by atoms with van der Waals surface area (Å²) in [5, 5.41) is 3.30. The number of amides is 1. The SMILES string of the molecule is CN=C(NCc1ccc(C(N)=O)o1)N1CCC(CSc2ccccc2)C1.I. The van der Waals surface area contributed by atoms with E-state index in [-0.39, 0.29) is 29.7 Å². The molecule has 1 aromatic carbocycles. The molecule has 1 unspecified atom stereocenters. The van der Waals surface area contributed by atoms with Crippen molar-refractivity contribution >= 4 is 47.6 Å². The summed E-state index contributed by atoms with van der Waals surface area (Å²) in [4.78, 5) is 19.1. The van der Waals surface area contributed by atoms with Crippen LogP contribution < -0.4 is 11.1 Å². The second-order valence-electron chi connectivity index (χ2n) is 6.26. The lowest BCUT2D eigenvalue weighted by Gasteiger charge is -2.21. The predicted molar refractivity (Wildman–Crippen MR) is 120 cm³/mol. The Balaban J connectivity index is 0.00000261. The Morgan fingerprint density at radius 3 is 2.78 bits per heavy atom. The zero-order valence-electron chi connectivity index (χ0n) is 15.3. The minimum atomic E-state index is -0.557. The standard InChI is InChI=1S/C19H24N4O2S.HI/c1-21-19(22-11-15-7-8-17(25-15)18(20)24)23-10-9-14(12-23)13-26-16-5-3-2-4-6-16;/h2-8,14H,9-13H2,1H3,(H2,20,24)(H,21,22);1H. The molecular weight excluding hydrogens is 475 g/mol. The third kappa shape index (κ3) is 6.17. The molecule has 3 N–H and O–H groups in total. The van der Waals surface area contributed by atoms with E-state index in [1.54, 1.807) is 19.2 Å². The number of benzene rings is 1. The molecule has 0 radical (unpaired) electrons. The molecule has 2 aromatic rings. The van der Waals surface area contributed by atoms with Gasteiger partial charge in [0.15, 0.2) is 11.7 Å². The molecule has 1 aliphatic rings. The number of thioether (sulfide) groups is 1. The van der Waals surface area contributed by atoms with Crippen LogP contribution in [0.25, 0.3) is 0 Å². The summed E-state index contributed by atoms with van der Waals surface area (Å²) in [5.74, 6) is 2.89. The zero-order chi connectivity index (χ0) is 18.4. The van der Waals surface area contributed by atoms with Gasteiger partial charge in [-0.15, -0.1) is 35.7 Å². The van der Waals surface area contributed by atoms with Crippen LogP contribution in [0, 0.1) is 5.92 Å². The molecule has 1 aromatic heterocycles. The van der Waals surface area contributed by atoms with Gasteiger partial charge in [0.1, 0.15) is 5.76 Å². The molecule has 6 nitrogen and oxygen atoms in total. The van der Waals surface area contributed by atoms with E-state index in [0.29, 0.717) is 18.2 Å². The fourth-order valence-corrected chi connectivity index (χ4v) is 4.05. The van der Waals surface area contributed by atoms with Crippen LogP contribution in [0.4, 0.5) is 0 Å². The molecule has 1 saturated heterocycles. The van der Waals surface area contributed by atoms with Crippen LogP contribution in [0.1, 0.15) is 22.7 Å². The smallest absolute Gasteiger partial charge is 0.284 e. The van der Waals surface area contributed by atoms with Gasteiger partial charge >= 0.3 is 0 Å². The number of halogens is 1. The number of guanidine groups is 1. The van der Waals surface area contributed by atoms with Gasteiger partial charge in [0, 0.05) is 30.8 Å². The fourth-order valence-electron chi connectivity index (χ4n) is 3.00. The van der Waals surface area contributed by atoms with Gasteiger partial charge in [-0.3, -0.25) is 9.79 Å². The molecule has 8 heteroatoms. The fraction of sp³-hybridized carbons (Fsp3) is 0.368. The monoisotopic (exact) mass is 500 g/mol. The van der Waals surface area contributed by atoms with E-state index in [1.807, 2.05) is 17.8 Å². The van der Waals surface area contributed by atoms with Crippen LogP contribution in [-0.4, -0.2) is 42.7 Å². The van der Waals surface area contributed by atoms with E-state index in [2.05, 4.69) is 39.5 Å². The van der Waals surface area contributed by atoms with Crippen molar-refractivity contribution in [1.82, 2.24) is 10.2 Å². The van der Waals surface area contributed by atoms with Gasteiger partial charge in [-0.05, 0) is 36.6 Å². The van der Waals surface area contributed by atoms with E-state index < -0.39 is 5.91 Å². The number of rotatable bonds is 6. The zero-order valence-corrected chi connectivity index (χ0v) is 18.4. The average Bonchev–Trinajstić information content (AvgIpc) is 3.31. The van der Waals surface area contributed by atoms with Crippen molar-refractivity contribution in [3.05, 3.63) is 54.0 Å². The van der Waals surface area contributed by atoms with E-state index >= 15 is 0 Å². The lowest BCUT2D eigenvalue weighted by Crippen LogP contribution is -2.39. The highest BCUT2D eigenvalue weighted by molar-refractivity contribution is 14.0. The quantitative estimate of drug-likeness (QED) is 0.276. The van der Waals surface area contributed by atoms with E-state index in [1.165, 1.54) is 4.90 Å². The highest BCUT2D eigenvalue weighted by Crippen LogP contribution is 2.25. The van der Waals surface area contributed by atoms with Gasteiger partial charge in [-0.25, -0.2) is 0 Å². The molecular formula is C19H25IN4O2S. The molecule has 146 valence electrons. The normalized spacial score (nSPS) is 16.9. The first kappa shape index (κ1) is 21.6. The number of hydrogen-bond acceptors (Lipinski definition) is 4. The largest absolute Gasteiger partial charge is 0.454 e. The maximum absolute atomic E-state index is 11.1. The van der Waals surface area contributed by atoms with E-state index in [4.69, 9.17) is 10.2 Å². The third-order valence-corrected chi connectivity index (χ3v) is 5.59. The second-order valence-corrected chi connectivity index (χ2v) is 7.35. The maximum Gasteiger partial charge on any atom is 0.284 e. The number of likely N-dealkylation sites (tertiary alicyclic amines) is 1. The molecule has 1 atom stereocenters. The van der Waals surface area contributed by atoms with Gasteiger partial charge < -0.3 is 20.4 Å². The van der Waals surface area contributed by atoms with Crippen LogP contribution in [0.3, 0.4) is 0 Å². The molecule has 0 bridgehead atoms. The van der Waals surface area contributed by atoms with Crippen LogP contribution >= 0.6 is 35.7 Å². The van der Waals surface area contributed by atoms with Crippen molar-refractivity contribution < 1.29 is 9.21 Å². The van der Waals surface area contributed by atoms with Gasteiger partial charge in [0.2, 0.25) is 0 Å². The molecule has 27 heavy (non-hydrogen) atoms. The maximum atomic E-state index is 11.1. The van der Waals surface area contributed by atoms with Crippen molar-refractivity contribution in [2.45, 2.75) is 17.9 Å². The molecule has 0 spiro atoms. The molecule has 0 aliphatic carbocycles. The summed E-state index contributed by atoms with van der Waals surface area (Å²) in [6.45, 7) is 2.45. The first-order valence-electron chi connectivity index (χ1n) is 8.67. The van der Waals surface area contributed by atoms with Crippen LogP contribution in [0.15, 0.2) is 56.8 Å². The van der Waals surface area contributed by atoms with E-state index in [9.17, 15) is 4.79 Å². The number of primary amides is 1. The number of nitrogens with two attached hydrogens (primary N) is 1. The predicted octanol–water partition coefficient (Wildman–Crippen LogP) is 3.19. The van der Waals surface area contributed by atoms with Crippen molar-refractivity contribution in [2.75, 3.05) is 25.9 Å². The Hall–Kier alpha value is -1.68. The molecule has 2 heterocycles. The number of hydrogen-bond donors (Lipinski definition) is 2. The summed E-state index contributed by atoms with van der Waals surface area (Å²) in [6, 6.07) is 13.9. The van der Waals surface area contributed by atoms with Crippen LogP contribution in [-0.2, 0) is 6.54 Å². The Bertz CT molecular complexity index is 766. The second kappa shape index (κ2) is 10.6. The Labute approximate surface area is 181 Å². The number of nitrogens with zero attached hydrogens (tertiary/aromatic N) is 2. The first-order chi connectivity index (χ1) is 12.7. The molecule has 1 aliphatic heterocycles. The molecule has 3 rings (SSSR count). The number of nitrogens with one attached hydrogen (secondary N) is 1. The van der Waals surface area contributed by atoms with E-state index in [0.717, 1.165) is 31.2 Å². The minimum absolute atomic E-state index is 0. The molecule has 1 amide bonds. The lowest BCUT2D eigenvalue weighted by molar-refractivity contribution is 0.0972. The van der Waals surface area contributed by atoms with Gasteiger partial charge in [0.25, 0.3) is 5.91 Å². The molecule has 0 saturated carbocycles. The van der Waals surface area contributed by atoms with Gasteiger partial charge in [-0.1, -0.05) is 18.2 Å². The summed E-state index contributed by atoms with van der Waals surface area (Å²) >= 11 is 1.91. The third-order valence-electron chi connectivity index (χ3n) is 4.35. The Morgan fingerprint density at radius 1 is 1.33 bits per heavy atom. The first-order valence-corrected chi connectivity index (χ1v) is 9.66. The highest BCUT2D eigenvalue weighted by Gasteiger charge is 2.25. The van der Waals surface area contributed by atoms with Crippen LogP contribution in [0.2, 0.25) is 0 Å². The number of furan rings is 1.